The predicted octanol–water partition coefficient (Wildman–Crippen LogP) is 3.67. The molecule has 0 saturated heterocycles. The molecule has 3 nitrogen and oxygen atoms in total. The van der Waals surface area contributed by atoms with E-state index in [4.69, 9.17) is 9.84 Å². The van der Waals surface area contributed by atoms with Crippen molar-refractivity contribution < 1.29 is 14.9 Å². The largest absolute Gasteiger partial charge is 0.457 e. The van der Waals surface area contributed by atoms with Gasteiger partial charge in [0.25, 0.3) is 0 Å². The van der Waals surface area contributed by atoms with Crippen LogP contribution in [-0.2, 0) is 0 Å². The van der Waals surface area contributed by atoms with E-state index in [1.807, 2.05) is 54.6 Å². The number of hydrogen-bond donors (Lipinski definition) is 2. The van der Waals surface area contributed by atoms with E-state index in [2.05, 4.69) is 0 Å². The zero-order chi connectivity index (χ0) is 14.2. The maximum atomic E-state index is 10.1. The molecule has 0 aliphatic rings. The van der Waals surface area contributed by atoms with Crippen LogP contribution in [-0.4, -0.2) is 16.8 Å². The number of aliphatic hydroxyl groups excluding tert-OH is 2. The molecule has 0 spiro atoms. The third kappa shape index (κ3) is 4.37. The van der Waals surface area contributed by atoms with E-state index in [9.17, 15) is 5.11 Å². The van der Waals surface area contributed by atoms with Crippen molar-refractivity contribution >= 4 is 0 Å². The van der Waals surface area contributed by atoms with Crippen LogP contribution < -0.4 is 4.74 Å². The van der Waals surface area contributed by atoms with Gasteiger partial charge in [0.1, 0.15) is 11.5 Å². The zero-order valence-corrected chi connectivity index (χ0v) is 11.4. The van der Waals surface area contributed by atoms with Crippen LogP contribution in [0.5, 0.6) is 11.5 Å². The van der Waals surface area contributed by atoms with Gasteiger partial charge in [0.2, 0.25) is 0 Å². The molecular formula is C17H20O3. The van der Waals surface area contributed by atoms with Crippen molar-refractivity contribution in [1.29, 1.82) is 0 Å². The summed E-state index contributed by atoms with van der Waals surface area (Å²) < 4.78 is 5.74. The molecule has 0 heterocycles. The second kappa shape index (κ2) is 7.68. The van der Waals surface area contributed by atoms with Gasteiger partial charge in [-0.25, -0.2) is 0 Å². The smallest absolute Gasteiger partial charge is 0.127 e. The lowest BCUT2D eigenvalue weighted by atomic mass is 10.0. The summed E-state index contributed by atoms with van der Waals surface area (Å²) in [5, 5.41) is 18.9. The maximum absolute atomic E-state index is 10.1. The van der Waals surface area contributed by atoms with Crippen molar-refractivity contribution in [2.24, 2.45) is 0 Å². The molecule has 0 fully saturated rings. The molecule has 0 amide bonds. The van der Waals surface area contributed by atoms with Crippen LogP contribution >= 0.6 is 0 Å². The standard InChI is InChI=1S/C17H20O3/c18-12-5-4-11-17(19)14-7-6-10-16(13-14)20-15-8-2-1-3-9-15/h1-3,6-10,13,17-19H,4-5,11-12H2. The normalized spacial score (nSPS) is 12.1. The molecule has 0 aromatic heterocycles. The molecule has 3 heteroatoms. The van der Waals surface area contributed by atoms with Crippen LogP contribution in [0.1, 0.15) is 30.9 Å². The van der Waals surface area contributed by atoms with Crippen LogP contribution in [0.3, 0.4) is 0 Å². The van der Waals surface area contributed by atoms with E-state index in [1.165, 1.54) is 0 Å². The summed E-state index contributed by atoms with van der Waals surface area (Å²) in [6, 6.07) is 17.1. The summed E-state index contributed by atoms with van der Waals surface area (Å²) in [5.74, 6) is 1.49. The lowest BCUT2D eigenvalue weighted by Gasteiger charge is -2.12. The van der Waals surface area contributed by atoms with Crippen LogP contribution in [0.2, 0.25) is 0 Å². The Morgan fingerprint density at radius 3 is 2.40 bits per heavy atom. The Hall–Kier alpha value is -1.84. The average molecular weight is 272 g/mol. The van der Waals surface area contributed by atoms with Crippen molar-refractivity contribution in [3.05, 3.63) is 60.2 Å². The van der Waals surface area contributed by atoms with E-state index in [0.29, 0.717) is 6.42 Å². The first kappa shape index (κ1) is 14.6. The molecule has 1 atom stereocenters. The van der Waals surface area contributed by atoms with Crippen molar-refractivity contribution in [2.45, 2.75) is 25.4 Å². The molecule has 2 aromatic carbocycles. The van der Waals surface area contributed by atoms with Gasteiger partial charge in [-0.3, -0.25) is 0 Å². The van der Waals surface area contributed by atoms with E-state index in [1.54, 1.807) is 0 Å². The molecule has 0 saturated carbocycles. The Morgan fingerprint density at radius 2 is 1.65 bits per heavy atom. The highest BCUT2D eigenvalue weighted by Crippen LogP contribution is 2.26. The number of benzene rings is 2. The second-order valence-corrected chi connectivity index (χ2v) is 4.72. The van der Waals surface area contributed by atoms with Gasteiger partial charge in [0.15, 0.2) is 0 Å². The van der Waals surface area contributed by atoms with Crippen molar-refractivity contribution in [3.8, 4) is 11.5 Å². The van der Waals surface area contributed by atoms with Gasteiger partial charge < -0.3 is 14.9 Å². The van der Waals surface area contributed by atoms with Gasteiger partial charge in [-0.05, 0) is 49.1 Å². The molecule has 2 N–H and O–H groups in total. The third-order valence-electron chi connectivity index (χ3n) is 3.11. The Kier molecular flexibility index (Phi) is 5.59. The first-order valence-electron chi connectivity index (χ1n) is 6.91. The minimum absolute atomic E-state index is 0.171. The fourth-order valence-electron chi connectivity index (χ4n) is 2.03. The molecule has 0 radical (unpaired) electrons. The van der Waals surface area contributed by atoms with Crippen molar-refractivity contribution in [1.82, 2.24) is 0 Å². The van der Waals surface area contributed by atoms with Gasteiger partial charge in [-0.15, -0.1) is 0 Å². The van der Waals surface area contributed by atoms with E-state index >= 15 is 0 Å². The maximum Gasteiger partial charge on any atom is 0.127 e. The Morgan fingerprint density at radius 1 is 0.900 bits per heavy atom. The number of unbranched alkanes of at least 4 members (excludes halogenated alkanes) is 1. The summed E-state index contributed by atoms with van der Waals surface area (Å²) in [4.78, 5) is 0. The lowest BCUT2D eigenvalue weighted by Crippen LogP contribution is -1.98. The van der Waals surface area contributed by atoms with Gasteiger partial charge >= 0.3 is 0 Å². The highest BCUT2D eigenvalue weighted by atomic mass is 16.5. The Labute approximate surface area is 119 Å². The van der Waals surface area contributed by atoms with Gasteiger partial charge in [-0.1, -0.05) is 30.3 Å². The monoisotopic (exact) mass is 272 g/mol. The SMILES string of the molecule is OCCCCC(O)c1cccc(Oc2ccccc2)c1. The quantitative estimate of drug-likeness (QED) is 0.756. The molecule has 2 rings (SSSR count). The third-order valence-corrected chi connectivity index (χ3v) is 3.11. The lowest BCUT2D eigenvalue weighted by molar-refractivity contribution is 0.159. The molecule has 106 valence electrons. The number of aliphatic hydroxyl groups is 2. The molecule has 0 aliphatic heterocycles. The summed E-state index contributed by atoms with van der Waals surface area (Å²) in [7, 11) is 0. The van der Waals surface area contributed by atoms with Crippen LogP contribution in [0, 0.1) is 0 Å². The topological polar surface area (TPSA) is 49.7 Å². The second-order valence-electron chi connectivity index (χ2n) is 4.72. The average Bonchev–Trinajstić information content (AvgIpc) is 2.49. The number of para-hydroxylation sites is 1. The molecule has 2 aromatic rings. The highest BCUT2D eigenvalue weighted by Gasteiger charge is 2.08. The predicted molar refractivity (Wildman–Crippen MR) is 78.9 cm³/mol. The van der Waals surface area contributed by atoms with Gasteiger partial charge in [0.05, 0.1) is 6.10 Å². The minimum atomic E-state index is -0.513. The highest BCUT2D eigenvalue weighted by molar-refractivity contribution is 5.34. The van der Waals surface area contributed by atoms with Crippen molar-refractivity contribution in [2.75, 3.05) is 6.61 Å². The summed E-state index contributed by atoms with van der Waals surface area (Å²) >= 11 is 0. The van der Waals surface area contributed by atoms with Crippen LogP contribution in [0.15, 0.2) is 54.6 Å². The van der Waals surface area contributed by atoms with Crippen LogP contribution in [0.25, 0.3) is 0 Å². The van der Waals surface area contributed by atoms with E-state index in [-0.39, 0.29) is 6.61 Å². The number of ether oxygens (including phenoxy) is 1. The zero-order valence-electron chi connectivity index (χ0n) is 11.4. The summed E-state index contributed by atoms with van der Waals surface area (Å²) in [6.07, 6.45) is 1.66. The first-order chi connectivity index (χ1) is 9.79. The summed E-state index contributed by atoms with van der Waals surface area (Å²) in [5.41, 5.74) is 0.844. The Bertz CT molecular complexity index is 511. The van der Waals surface area contributed by atoms with Crippen LogP contribution in [0.4, 0.5) is 0 Å². The van der Waals surface area contributed by atoms with Gasteiger partial charge in [0, 0.05) is 6.61 Å². The number of rotatable bonds is 7. The minimum Gasteiger partial charge on any atom is -0.457 e. The van der Waals surface area contributed by atoms with E-state index in [0.717, 1.165) is 29.9 Å². The molecule has 20 heavy (non-hydrogen) atoms. The first-order valence-corrected chi connectivity index (χ1v) is 6.91. The fraction of sp³-hybridized carbons (Fsp3) is 0.294. The fourth-order valence-corrected chi connectivity index (χ4v) is 2.03. The van der Waals surface area contributed by atoms with Gasteiger partial charge in [-0.2, -0.15) is 0 Å². The van der Waals surface area contributed by atoms with Crippen molar-refractivity contribution in [3.63, 3.8) is 0 Å². The molecule has 0 bridgehead atoms. The van der Waals surface area contributed by atoms with E-state index < -0.39 is 6.10 Å². The Balaban J connectivity index is 2.00. The number of hydrogen-bond acceptors (Lipinski definition) is 3. The molecule has 0 aliphatic carbocycles. The molecule has 1 unspecified atom stereocenters. The summed E-state index contributed by atoms with van der Waals surface area (Å²) in [6.45, 7) is 0.171. The molecular weight excluding hydrogens is 252 g/mol.